The first kappa shape index (κ1) is 41.0. The highest BCUT2D eigenvalue weighted by Gasteiger charge is 2.73. The number of carbonyl (C=O) groups excluding carboxylic acids is 2. The van der Waals surface area contributed by atoms with Gasteiger partial charge in [-0.15, -0.1) is 23.2 Å². The molecular formula is C48H34Cl4N6O4. The molecule has 2 aliphatic heterocycles. The van der Waals surface area contributed by atoms with E-state index in [1.54, 1.807) is 34.3 Å². The number of methoxy groups -OCH3 is 2. The van der Waals surface area contributed by atoms with Crippen molar-refractivity contribution in [2.24, 2.45) is 0 Å². The largest absolute Gasteiger partial charge is 0.468 e. The van der Waals surface area contributed by atoms with Gasteiger partial charge < -0.3 is 9.47 Å². The highest BCUT2D eigenvalue weighted by molar-refractivity contribution is 6.37. The van der Waals surface area contributed by atoms with Gasteiger partial charge in [-0.2, -0.15) is 10.5 Å². The van der Waals surface area contributed by atoms with E-state index in [1.807, 2.05) is 121 Å². The van der Waals surface area contributed by atoms with Crippen LogP contribution < -0.4 is 10.0 Å². The molecule has 14 heteroatoms. The van der Waals surface area contributed by atoms with Crippen molar-refractivity contribution in [3.8, 4) is 34.6 Å². The normalized spacial score (nSPS) is 20.3. The fourth-order valence-corrected chi connectivity index (χ4v) is 11.2. The Balaban J connectivity index is 0.000000158. The first-order valence-corrected chi connectivity index (χ1v) is 20.9. The van der Waals surface area contributed by atoms with Crippen molar-refractivity contribution in [3.63, 3.8) is 0 Å². The van der Waals surface area contributed by atoms with Crippen molar-refractivity contribution in [3.05, 3.63) is 178 Å². The average Bonchev–Trinajstić information content (AvgIpc) is 3.98. The number of halogens is 4. The van der Waals surface area contributed by atoms with E-state index >= 15 is 0 Å². The van der Waals surface area contributed by atoms with Gasteiger partial charge in [-0.3, -0.25) is 10.0 Å². The summed E-state index contributed by atoms with van der Waals surface area (Å²) in [6.45, 7) is -0.105. The lowest BCUT2D eigenvalue weighted by Gasteiger charge is -2.44. The van der Waals surface area contributed by atoms with Crippen molar-refractivity contribution in [2.45, 2.75) is 20.8 Å². The summed E-state index contributed by atoms with van der Waals surface area (Å²) < 4.78 is 10.4. The van der Waals surface area contributed by atoms with Crippen LogP contribution in [-0.2, 0) is 30.1 Å². The van der Waals surface area contributed by atoms with Crippen LogP contribution in [0.15, 0.2) is 146 Å². The van der Waals surface area contributed by atoms with Crippen LogP contribution in [0.4, 0.5) is 11.4 Å². The summed E-state index contributed by atoms with van der Waals surface area (Å²) in [7, 11) is 2.63. The van der Waals surface area contributed by atoms with Crippen LogP contribution in [0.1, 0.15) is 22.3 Å². The van der Waals surface area contributed by atoms with Gasteiger partial charge >= 0.3 is 11.9 Å². The molecule has 2 atom stereocenters. The number of nitrogens with zero attached hydrogens (tertiary/aromatic N) is 6. The molecule has 0 unspecified atom stereocenters. The molecule has 2 fully saturated rings. The van der Waals surface area contributed by atoms with Crippen LogP contribution in [-0.4, -0.2) is 59.0 Å². The van der Waals surface area contributed by atoms with Gasteiger partial charge in [0.05, 0.1) is 38.7 Å². The number of benzene rings is 6. The molecule has 6 aromatic rings. The number of ether oxygens (including phenoxy) is 2. The number of nitriles is 2. The standard InChI is InChI=1S/2C24H17Cl2N3O2/c2*1-31-22(30)23(26)14-28(15-27)29(17-12-10-16(25)11-13-17)24(23)20-8-4-2-6-18(20)19-7-3-5-9-21(19)24/h2*2-13H,14H2,1H3/t2*23-/m11/s1. The first-order chi connectivity index (χ1) is 30.0. The molecule has 2 aliphatic carbocycles. The predicted molar refractivity (Wildman–Crippen MR) is 239 cm³/mol. The Morgan fingerprint density at radius 1 is 0.500 bits per heavy atom. The minimum Gasteiger partial charge on any atom is -0.468 e. The third-order valence-corrected chi connectivity index (χ3v) is 13.8. The monoisotopic (exact) mass is 898 g/mol. The van der Waals surface area contributed by atoms with Gasteiger partial charge in [0.1, 0.15) is 11.1 Å². The summed E-state index contributed by atoms with van der Waals surface area (Å²) in [6, 6.07) is 45.6. The molecule has 0 bridgehead atoms. The molecular weight excluding hydrogens is 866 g/mol. The zero-order chi connectivity index (χ0) is 43.6. The summed E-state index contributed by atoms with van der Waals surface area (Å²) in [4.78, 5) is 23.4. The Morgan fingerprint density at radius 2 is 0.774 bits per heavy atom. The van der Waals surface area contributed by atoms with Gasteiger partial charge in [-0.25, -0.2) is 19.6 Å². The fraction of sp³-hybridized carbons (Fsp3) is 0.167. The maximum Gasteiger partial charge on any atom is 0.332 e. The summed E-state index contributed by atoms with van der Waals surface area (Å²) in [5.41, 5.74) is 6.18. The summed E-state index contributed by atoms with van der Waals surface area (Å²) in [5, 5.41) is 27.7. The molecule has 2 heterocycles. The predicted octanol–water partition coefficient (Wildman–Crippen LogP) is 9.87. The van der Waals surface area contributed by atoms with Gasteiger partial charge in [0.2, 0.25) is 0 Å². The Labute approximate surface area is 378 Å². The summed E-state index contributed by atoms with van der Waals surface area (Å²) in [6.07, 6.45) is 4.42. The van der Waals surface area contributed by atoms with Crippen molar-refractivity contribution in [1.82, 2.24) is 10.0 Å². The van der Waals surface area contributed by atoms with E-state index in [-0.39, 0.29) is 13.1 Å². The second-order valence-corrected chi connectivity index (χ2v) is 17.2. The molecule has 6 aromatic carbocycles. The van der Waals surface area contributed by atoms with Crippen LogP contribution in [0.2, 0.25) is 10.0 Å². The molecule has 0 radical (unpaired) electrons. The topological polar surface area (TPSA) is 113 Å². The van der Waals surface area contributed by atoms with E-state index in [0.717, 1.165) is 44.5 Å². The number of hydrogen-bond acceptors (Lipinski definition) is 10. The Kier molecular flexibility index (Phi) is 10.0. The number of esters is 2. The van der Waals surface area contributed by atoms with Gasteiger partial charge in [0.15, 0.2) is 22.1 Å². The van der Waals surface area contributed by atoms with Gasteiger partial charge in [0, 0.05) is 10.0 Å². The van der Waals surface area contributed by atoms with Gasteiger partial charge in [-0.05, 0) is 93.0 Å². The average molecular weight is 901 g/mol. The van der Waals surface area contributed by atoms with E-state index < -0.39 is 32.8 Å². The molecule has 0 amide bonds. The molecule has 0 saturated carbocycles. The third kappa shape index (κ3) is 5.41. The molecule has 4 aliphatic rings. The van der Waals surface area contributed by atoms with Crippen LogP contribution in [0.25, 0.3) is 22.3 Å². The second kappa shape index (κ2) is 15.2. The van der Waals surface area contributed by atoms with Crippen LogP contribution in [0, 0.1) is 22.9 Å². The quantitative estimate of drug-likeness (QED) is 0.0963. The zero-order valence-corrected chi connectivity index (χ0v) is 36.1. The maximum absolute atomic E-state index is 13.3. The van der Waals surface area contributed by atoms with Crippen molar-refractivity contribution in [2.75, 3.05) is 37.3 Å². The SMILES string of the molecule is COC(=O)[C@]1(Cl)CN(C#N)N(c2ccc(Cl)cc2)C12c1ccccc1-c1ccccc12.COC(=O)[C@]1(Cl)CN(C#N)N(c2ccc(Cl)cc2)C12c1ccccc1-c1ccccc12. The minimum atomic E-state index is -1.58. The first-order valence-electron chi connectivity index (χ1n) is 19.4. The molecule has 10 rings (SSSR count). The number of hydrazine groups is 2. The van der Waals surface area contributed by atoms with E-state index in [9.17, 15) is 20.1 Å². The molecule has 62 heavy (non-hydrogen) atoms. The van der Waals surface area contributed by atoms with Crippen molar-refractivity contribution < 1.29 is 19.1 Å². The summed E-state index contributed by atoms with van der Waals surface area (Å²) in [5.74, 6) is -1.20. The lowest BCUT2D eigenvalue weighted by Crippen LogP contribution is -2.58. The highest BCUT2D eigenvalue weighted by atomic mass is 35.5. The molecule has 10 nitrogen and oxygen atoms in total. The van der Waals surface area contributed by atoms with E-state index in [1.165, 1.54) is 24.2 Å². The number of anilines is 2. The Hall–Kier alpha value is -6.40. The van der Waals surface area contributed by atoms with Crippen LogP contribution in [0.3, 0.4) is 0 Å². The minimum absolute atomic E-state index is 0.0526. The van der Waals surface area contributed by atoms with E-state index in [4.69, 9.17) is 55.9 Å². The molecule has 308 valence electrons. The molecule has 0 N–H and O–H groups in total. The number of fused-ring (bicyclic) bond motifs is 10. The van der Waals surface area contributed by atoms with Crippen LogP contribution >= 0.6 is 46.4 Å². The zero-order valence-electron chi connectivity index (χ0n) is 33.1. The van der Waals surface area contributed by atoms with Gasteiger partial charge in [-0.1, -0.05) is 120 Å². The molecule has 2 saturated heterocycles. The smallest absolute Gasteiger partial charge is 0.332 e. The highest BCUT2D eigenvalue weighted by Crippen LogP contribution is 2.64. The van der Waals surface area contributed by atoms with Gasteiger partial charge in [0.25, 0.3) is 0 Å². The second-order valence-electron chi connectivity index (χ2n) is 15.1. The van der Waals surface area contributed by atoms with Crippen LogP contribution in [0.5, 0.6) is 0 Å². The summed E-state index contributed by atoms with van der Waals surface area (Å²) >= 11 is 26.8. The lowest BCUT2D eigenvalue weighted by atomic mass is 9.75. The fourth-order valence-electron chi connectivity index (χ4n) is 9.95. The number of carbonyl (C=O) groups is 2. The van der Waals surface area contributed by atoms with Crippen molar-refractivity contribution in [1.29, 1.82) is 10.5 Å². The third-order valence-electron chi connectivity index (χ3n) is 12.2. The van der Waals surface area contributed by atoms with E-state index in [2.05, 4.69) is 12.4 Å². The number of alkyl halides is 2. The molecule has 0 aromatic heterocycles. The number of hydrogen-bond donors (Lipinski definition) is 0. The van der Waals surface area contributed by atoms with E-state index in [0.29, 0.717) is 21.4 Å². The Bertz CT molecular complexity index is 2580. The van der Waals surface area contributed by atoms with Crippen molar-refractivity contribution >= 4 is 69.7 Å². The Morgan fingerprint density at radius 3 is 1.03 bits per heavy atom. The maximum atomic E-state index is 13.3. The number of rotatable bonds is 4. The lowest BCUT2D eigenvalue weighted by molar-refractivity contribution is -0.145. The molecule has 2 spiro atoms.